The smallest absolute Gasteiger partial charge is 0.119 e. The Kier molecular flexibility index (Phi) is 3.76. The fourth-order valence-electron chi connectivity index (χ4n) is 3.47. The van der Waals surface area contributed by atoms with Crippen molar-refractivity contribution >= 4 is 0 Å². The van der Waals surface area contributed by atoms with Gasteiger partial charge in [0.25, 0.3) is 0 Å². The van der Waals surface area contributed by atoms with Crippen molar-refractivity contribution in [2.45, 2.75) is 38.4 Å². The van der Waals surface area contributed by atoms with Crippen LogP contribution >= 0.6 is 0 Å². The highest BCUT2D eigenvalue weighted by atomic mass is 16.5. The van der Waals surface area contributed by atoms with E-state index in [0.29, 0.717) is 6.04 Å². The number of hydrogen-bond acceptors (Lipinski definition) is 3. The standard InChI is InChI=1S/C16H24N2O/c1-13-10-17-8-4-6-15(17)12-18(13)11-14-5-3-7-16(9-14)19-2/h3,5,7,9,13,15H,4,6,8,10-12H2,1-2H3/t13-,15?/m0/s1. The van der Waals surface area contributed by atoms with Gasteiger partial charge in [0.15, 0.2) is 0 Å². The third-order valence-electron chi connectivity index (χ3n) is 4.59. The number of methoxy groups -OCH3 is 1. The number of nitrogens with zero attached hydrogens (tertiary/aromatic N) is 2. The molecule has 0 radical (unpaired) electrons. The van der Waals surface area contributed by atoms with Crippen molar-refractivity contribution in [2.24, 2.45) is 0 Å². The van der Waals surface area contributed by atoms with Gasteiger partial charge in [-0.1, -0.05) is 12.1 Å². The van der Waals surface area contributed by atoms with E-state index in [1.54, 1.807) is 7.11 Å². The Bertz CT molecular complexity index is 435. The fourth-order valence-corrected chi connectivity index (χ4v) is 3.47. The molecule has 2 saturated heterocycles. The fraction of sp³-hybridized carbons (Fsp3) is 0.625. The van der Waals surface area contributed by atoms with Gasteiger partial charge in [-0.15, -0.1) is 0 Å². The van der Waals surface area contributed by atoms with Gasteiger partial charge in [0.2, 0.25) is 0 Å². The molecular formula is C16H24N2O. The van der Waals surface area contributed by atoms with Gasteiger partial charge < -0.3 is 4.74 Å². The largest absolute Gasteiger partial charge is 0.497 e. The van der Waals surface area contributed by atoms with E-state index in [-0.39, 0.29) is 0 Å². The lowest BCUT2D eigenvalue weighted by Crippen LogP contribution is -2.54. The Morgan fingerprint density at radius 3 is 3.05 bits per heavy atom. The van der Waals surface area contributed by atoms with Crippen LogP contribution in [0.3, 0.4) is 0 Å². The van der Waals surface area contributed by atoms with Crippen LogP contribution in [-0.4, -0.2) is 48.6 Å². The Morgan fingerprint density at radius 1 is 1.32 bits per heavy atom. The van der Waals surface area contributed by atoms with Crippen LogP contribution in [0.5, 0.6) is 5.75 Å². The van der Waals surface area contributed by atoms with Crippen molar-refractivity contribution in [1.82, 2.24) is 9.80 Å². The van der Waals surface area contributed by atoms with E-state index in [1.165, 1.54) is 38.0 Å². The van der Waals surface area contributed by atoms with Crippen LogP contribution in [0.1, 0.15) is 25.3 Å². The second kappa shape index (κ2) is 5.51. The minimum absolute atomic E-state index is 0.653. The van der Waals surface area contributed by atoms with Gasteiger partial charge in [-0.25, -0.2) is 0 Å². The monoisotopic (exact) mass is 260 g/mol. The molecule has 3 rings (SSSR count). The predicted molar refractivity (Wildman–Crippen MR) is 77.5 cm³/mol. The molecule has 1 unspecified atom stereocenters. The summed E-state index contributed by atoms with van der Waals surface area (Å²) in [5, 5.41) is 0. The van der Waals surface area contributed by atoms with Crippen LogP contribution in [0.2, 0.25) is 0 Å². The second-order valence-corrected chi connectivity index (χ2v) is 5.92. The molecule has 1 aromatic rings. The first-order chi connectivity index (χ1) is 9.26. The summed E-state index contributed by atoms with van der Waals surface area (Å²) in [6.07, 6.45) is 2.76. The maximum absolute atomic E-state index is 5.31. The maximum Gasteiger partial charge on any atom is 0.119 e. The van der Waals surface area contributed by atoms with E-state index in [9.17, 15) is 0 Å². The highest BCUT2D eigenvalue weighted by Crippen LogP contribution is 2.26. The topological polar surface area (TPSA) is 15.7 Å². The van der Waals surface area contributed by atoms with Gasteiger partial charge in [0, 0.05) is 31.7 Å². The van der Waals surface area contributed by atoms with E-state index in [1.807, 2.05) is 6.07 Å². The van der Waals surface area contributed by atoms with Crippen molar-refractivity contribution < 1.29 is 4.74 Å². The molecule has 0 saturated carbocycles. The van der Waals surface area contributed by atoms with Crippen molar-refractivity contribution in [3.8, 4) is 5.75 Å². The van der Waals surface area contributed by atoms with Crippen LogP contribution in [0, 0.1) is 0 Å². The van der Waals surface area contributed by atoms with Crippen LogP contribution in [0.15, 0.2) is 24.3 Å². The van der Waals surface area contributed by atoms with Crippen LogP contribution < -0.4 is 4.74 Å². The number of piperazine rings is 1. The summed E-state index contributed by atoms with van der Waals surface area (Å²) in [6, 6.07) is 9.92. The summed E-state index contributed by atoms with van der Waals surface area (Å²) in [5.41, 5.74) is 1.36. The molecule has 0 amide bonds. The molecule has 2 aliphatic heterocycles. The molecule has 2 fully saturated rings. The van der Waals surface area contributed by atoms with Gasteiger partial charge in [0.1, 0.15) is 5.75 Å². The Labute approximate surface area is 116 Å². The van der Waals surface area contributed by atoms with E-state index < -0.39 is 0 Å². The molecule has 19 heavy (non-hydrogen) atoms. The third kappa shape index (κ3) is 2.77. The van der Waals surface area contributed by atoms with E-state index in [4.69, 9.17) is 4.74 Å². The SMILES string of the molecule is COc1cccc(CN2CC3CCCN3C[C@@H]2C)c1. The van der Waals surface area contributed by atoms with Crippen LogP contribution in [-0.2, 0) is 6.54 Å². The summed E-state index contributed by atoms with van der Waals surface area (Å²) in [7, 11) is 1.74. The van der Waals surface area contributed by atoms with Crippen LogP contribution in [0.25, 0.3) is 0 Å². The number of fused-ring (bicyclic) bond motifs is 1. The lowest BCUT2D eigenvalue weighted by atomic mass is 10.1. The molecule has 104 valence electrons. The quantitative estimate of drug-likeness (QED) is 0.830. The molecule has 2 atom stereocenters. The van der Waals surface area contributed by atoms with Crippen molar-refractivity contribution in [3.05, 3.63) is 29.8 Å². The number of ether oxygens (including phenoxy) is 1. The zero-order valence-electron chi connectivity index (χ0n) is 12.0. The van der Waals surface area contributed by atoms with Gasteiger partial charge in [-0.2, -0.15) is 0 Å². The minimum atomic E-state index is 0.653. The van der Waals surface area contributed by atoms with Crippen molar-refractivity contribution in [2.75, 3.05) is 26.7 Å². The molecule has 0 spiro atoms. The van der Waals surface area contributed by atoms with Gasteiger partial charge in [-0.3, -0.25) is 9.80 Å². The first kappa shape index (κ1) is 12.9. The molecule has 0 aliphatic carbocycles. The van der Waals surface area contributed by atoms with Gasteiger partial charge >= 0.3 is 0 Å². The lowest BCUT2D eigenvalue weighted by Gasteiger charge is -2.42. The molecule has 2 heterocycles. The van der Waals surface area contributed by atoms with Gasteiger partial charge in [-0.05, 0) is 44.0 Å². The normalized spacial score (nSPS) is 28.3. The van der Waals surface area contributed by atoms with Crippen molar-refractivity contribution in [1.29, 1.82) is 0 Å². The molecular weight excluding hydrogens is 236 g/mol. The summed E-state index contributed by atoms with van der Waals surface area (Å²) >= 11 is 0. The van der Waals surface area contributed by atoms with E-state index in [2.05, 4.69) is 34.9 Å². The van der Waals surface area contributed by atoms with E-state index >= 15 is 0 Å². The summed E-state index contributed by atoms with van der Waals surface area (Å²) in [6.45, 7) is 7.16. The van der Waals surface area contributed by atoms with Crippen molar-refractivity contribution in [3.63, 3.8) is 0 Å². The lowest BCUT2D eigenvalue weighted by molar-refractivity contribution is 0.0540. The summed E-state index contributed by atoms with van der Waals surface area (Å²) in [5.74, 6) is 0.963. The first-order valence-corrected chi connectivity index (χ1v) is 7.37. The molecule has 3 heteroatoms. The Morgan fingerprint density at radius 2 is 2.21 bits per heavy atom. The third-order valence-corrected chi connectivity index (χ3v) is 4.59. The highest BCUT2D eigenvalue weighted by molar-refractivity contribution is 5.28. The zero-order valence-corrected chi connectivity index (χ0v) is 12.0. The predicted octanol–water partition coefficient (Wildman–Crippen LogP) is 2.36. The number of hydrogen-bond donors (Lipinski definition) is 0. The second-order valence-electron chi connectivity index (χ2n) is 5.92. The summed E-state index contributed by atoms with van der Waals surface area (Å²) in [4.78, 5) is 5.30. The number of benzene rings is 1. The molecule has 0 aromatic heterocycles. The first-order valence-electron chi connectivity index (χ1n) is 7.37. The molecule has 0 N–H and O–H groups in total. The van der Waals surface area contributed by atoms with E-state index in [0.717, 1.165) is 18.3 Å². The Balaban J connectivity index is 1.68. The Hall–Kier alpha value is -1.06. The average Bonchev–Trinajstić information content (AvgIpc) is 2.86. The average molecular weight is 260 g/mol. The summed E-state index contributed by atoms with van der Waals surface area (Å²) < 4.78 is 5.31. The minimum Gasteiger partial charge on any atom is -0.497 e. The molecule has 1 aromatic carbocycles. The highest BCUT2D eigenvalue weighted by Gasteiger charge is 2.34. The molecule has 2 aliphatic rings. The molecule has 3 nitrogen and oxygen atoms in total. The van der Waals surface area contributed by atoms with Gasteiger partial charge in [0.05, 0.1) is 7.11 Å². The maximum atomic E-state index is 5.31. The van der Waals surface area contributed by atoms with Crippen LogP contribution in [0.4, 0.5) is 0 Å². The number of rotatable bonds is 3. The molecule has 0 bridgehead atoms. The zero-order chi connectivity index (χ0) is 13.2.